The zero-order chi connectivity index (χ0) is 14.4. The lowest BCUT2D eigenvalue weighted by atomic mass is 10.2. The molecule has 106 valence electrons. The number of para-hydroxylation sites is 1. The Morgan fingerprint density at radius 1 is 1.35 bits per heavy atom. The maximum Gasteiger partial charge on any atom is 0.257 e. The van der Waals surface area contributed by atoms with E-state index in [9.17, 15) is 4.79 Å². The van der Waals surface area contributed by atoms with Crippen molar-refractivity contribution >= 4 is 16.8 Å². The monoisotopic (exact) mass is 273 g/mol. The molecule has 2 rings (SSSR count). The predicted molar refractivity (Wildman–Crippen MR) is 78.8 cm³/mol. The minimum atomic E-state index is -0.125. The zero-order valence-corrected chi connectivity index (χ0v) is 11.8. The molecule has 0 bridgehead atoms. The Balaban J connectivity index is 1.84. The topological polar surface area (TPSA) is 54.5 Å². The molecule has 0 aliphatic rings. The van der Waals surface area contributed by atoms with E-state index in [2.05, 4.69) is 10.3 Å². The Bertz CT molecular complexity index is 584. The summed E-state index contributed by atoms with van der Waals surface area (Å²) in [5, 5.41) is 3.79. The van der Waals surface area contributed by atoms with E-state index in [4.69, 9.17) is 4.74 Å². The van der Waals surface area contributed by atoms with Crippen LogP contribution in [0.5, 0.6) is 5.75 Å². The normalized spacial score (nSPS) is 10.8. The van der Waals surface area contributed by atoms with Crippen molar-refractivity contribution in [2.24, 2.45) is 0 Å². The van der Waals surface area contributed by atoms with Gasteiger partial charge in [-0.05, 0) is 26.2 Å². The van der Waals surface area contributed by atoms with Crippen molar-refractivity contribution in [2.75, 3.05) is 33.8 Å². The van der Waals surface area contributed by atoms with E-state index < -0.39 is 0 Å². The van der Waals surface area contributed by atoms with Gasteiger partial charge in [0, 0.05) is 18.5 Å². The number of rotatable bonds is 6. The number of nitrogens with zero attached hydrogens (tertiary/aromatic N) is 2. The molecule has 1 amide bonds. The third-order valence-electron chi connectivity index (χ3n) is 2.82. The standard InChI is InChI=1S/C15H19N3O2/c1-18(2)8-7-16-15(19)11-20-13-9-12-5-3-4-6-14(12)17-10-13/h3-6,9-10H,7-8,11H2,1-2H3,(H,16,19). The molecule has 1 N–H and O–H groups in total. The lowest BCUT2D eigenvalue weighted by molar-refractivity contribution is -0.123. The van der Waals surface area contributed by atoms with Gasteiger partial charge in [0.15, 0.2) is 6.61 Å². The van der Waals surface area contributed by atoms with Crippen LogP contribution in [0.25, 0.3) is 10.9 Å². The molecule has 2 aromatic rings. The maximum absolute atomic E-state index is 11.6. The molecule has 0 aliphatic heterocycles. The summed E-state index contributed by atoms with van der Waals surface area (Å²) in [6.45, 7) is 1.43. The smallest absolute Gasteiger partial charge is 0.257 e. The fraction of sp³-hybridized carbons (Fsp3) is 0.333. The number of hydrogen-bond donors (Lipinski definition) is 1. The third kappa shape index (κ3) is 4.20. The van der Waals surface area contributed by atoms with Gasteiger partial charge in [0.2, 0.25) is 0 Å². The van der Waals surface area contributed by atoms with E-state index in [0.717, 1.165) is 17.4 Å². The Morgan fingerprint density at radius 2 is 2.15 bits per heavy atom. The summed E-state index contributed by atoms with van der Waals surface area (Å²) < 4.78 is 5.45. The lowest BCUT2D eigenvalue weighted by Crippen LogP contribution is -2.34. The molecule has 0 unspecified atom stereocenters. The molecule has 0 atom stereocenters. The van der Waals surface area contributed by atoms with Gasteiger partial charge in [-0.2, -0.15) is 0 Å². The number of pyridine rings is 1. The van der Waals surface area contributed by atoms with Gasteiger partial charge in [-0.25, -0.2) is 0 Å². The molecule has 0 aliphatic carbocycles. The molecule has 0 saturated carbocycles. The average Bonchev–Trinajstić information content (AvgIpc) is 2.44. The molecule has 5 nitrogen and oxygen atoms in total. The number of likely N-dealkylation sites (N-methyl/N-ethyl adjacent to an activating group) is 1. The number of hydrogen-bond acceptors (Lipinski definition) is 4. The molecule has 1 aromatic heterocycles. The molecule has 0 fully saturated rings. The summed E-state index contributed by atoms with van der Waals surface area (Å²) in [4.78, 5) is 17.9. The lowest BCUT2D eigenvalue weighted by Gasteiger charge is -2.11. The molecule has 1 aromatic carbocycles. The first kappa shape index (κ1) is 14.3. The highest BCUT2D eigenvalue weighted by Gasteiger charge is 2.03. The van der Waals surface area contributed by atoms with Gasteiger partial charge in [-0.3, -0.25) is 9.78 Å². The summed E-state index contributed by atoms with van der Waals surface area (Å²) in [5.41, 5.74) is 0.912. The highest BCUT2D eigenvalue weighted by atomic mass is 16.5. The molecule has 5 heteroatoms. The first-order chi connectivity index (χ1) is 9.65. The van der Waals surface area contributed by atoms with Crippen molar-refractivity contribution in [3.63, 3.8) is 0 Å². The maximum atomic E-state index is 11.6. The molecular weight excluding hydrogens is 254 g/mol. The van der Waals surface area contributed by atoms with Crippen molar-refractivity contribution < 1.29 is 9.53 Å². The second kappa shape index (κ2) is 6.86. The van der Waals surface area contributed by atoms with Crippen LogP contribution in [-0.2, 0) is 4.79 Å². The number of benzene rings is 1. The van der Waals surface area contributed by atoms with Gasteiger partial charge in [-0.1, -0.05) is 18.2 Å². The predicted octanol–water partition coefficient (Wildman–Crippen LogP) is 1.29. The number of amides is 1. The highest BCUT2D eigenvalue weighted by Crippen LogP contribution is 2.17. The number of fused-ring (bicyclic) bond motifs is 1. The number of carbonyl (C=O) groups is 1. The van der Waals surface area contributed by atoms with Gasteiger partial charge in [-0.15, -0.1) is 0 Å². The Kier molecular flexibility index (Phi) is 4.90. The number of aromatic nitrogens is 1. The average molecular weight is 273 g/mol. The SMILES string of the molecule is CN(C)CCNC(=O)COc1cnc2ccccc2c1. The van der Waals surface area contributed by atoms with Crippen LogP contribution < -0.4 is 10.1 Å². The van der Waals surface area contributed by atoms with E-state index in [-0.39, 0.29) is 12.5 Å². The van der Waals surface area contributed by atoms with Crippen molar-refractivity contribution in [1.29, 1.82) is 0 Å². The number of carbonyl (C=O) groups excluding carboxylic acids is 1. The van der Waals surface area contributed by atoms with Gasteiger partial charge < -0.3 is 15.0 Å². The fourth-order valence-electron chi connectivity index (χ4n) is 1.75. The number of nitrogens with one attached hydrogen (secondary N) is 1. The molecule has 0 spiro atoms. The Morgan fingerprint density at radius 3 is 2.95 bits per heavy atom. The summed E-state index contributed by atoms with van der Waals surface area (Å²) in [5.74, 6) is 0.478. The minimum Gasteiger partial charge on any atom is -0.482 e. The van der Waals surface area contributed by atoms with E-state index in [1.54, 1.807) is 6.20 Å². The summed E-state index contributed by atoms with van der Waals surface area (Å²) in [6, 6.07) is 9.67. The van der Waals surface area contributed by atoms with Crippen LogP contribution >= 0.6 is 0 Å². The quantitative estimate of drug-likeness (QED) is 0.861. The van der Waals surface area contributed by atoms with Crippen molar-refractivity contribution in [3.8, 4) is 5.75 Å². The Labute approximate surface area is 118 Å². The van der Waals surface area contributed by atoms with Crippen LogP contribution in [0.15, 0.2) is 36.5 Å². The van der Waals surface area contributed by atoms with Crippen LogP contribution in [-0.4, -0.2) is 49.6 Å². The Hall–Kier alpha value is -2.14. The van der Waals surface area contributed by atoms with Crippen LogP contribution in [0, 0.1) is 0 Å². The summed E-state index contributed by atoms with van der Waals surface area (Å²) in [7, 11) is 3.92. The van der Waals surface area contributed by atoms with Crippen LogP contribution in [0.2, 0.25) is 0 Å². The second-order valence-electron chi connectivity index (χ2n) is 4.81. The molecular formula is C15H19N3O2. The van der Waals surface area contributed by atoms with Gasteiger partial charge >= 0.3 is 0 Å². The summed E-state index contributed by atoms with van der Waals surface area (Å²) >= 11 is 0. The molecule has 0 radical (unpaired) electrons. The third-order valence-corrected chi connectivity index (χ3v) is 2.82. The number of ether oxygens (including phenoxy) is 1. The van der Waals surface area contributed by atoms with Crippen molar-refractivity contribution in [1.82, 2.24) is 15.2 Å². The first-order valence-electron chi connectivity index (χ1n) is 6.54. The van der Waals surface area contributed by atoms with Crippen molar-refractivity contribution in [3.05, 3.63) is 36.5 Å². The molecule has 20 heavy (non-hydrogen) atoms. The van der Waals surface area contributed by atoms with Crippen molar-refractivity contribution in [2.45, 2.75) is 0 Å². The van der Waals surface area contributed by atoms with Gasteiger partial charge in [0.25, 0.3) is 5.91 Å². The zero-order valence-electron chi connectivity index (χ0n) is 11.8. The van der Waals surface area contributed by atoms with Gasteiger partial charge in [0.05, 0.1) is 11.7 Å². The second-order valence-corrected chi connectivity index (χ2v) is 4.81. The molecule has 1 heterocycles. The van der Waals surface area contributed by atoms with E-state index >= 15 is 0 Å². The molecule has 0 saturated heterocycles. The van der Waals surface area contributed by atoms with Crippen LogP contribution in [0.1, 0.15) is 0 Å². The van der Waals surface area contributed by atoms with Crippen LogP contribution in [0.4, 0.5) is 0 Å². The summed E-state index contributed by atoms with van der Waals surface area (Å²) in [6.07, 6.45) is 1.63. The van der Waals surface area contributed by atoms with E-state index in [1.807, 2.05) is 49.3 Å². The van der Waals surface area contributed by atoms with E-state index in [0.29, 0.717) is 12.3 Å². The highest BCUT2D eigenvalue weighted by molar-refractivity contribution is 5.80. The van der Waals surface area contributed by atoms with Crippen LogP contribution in [0.3, 0.4) is 0 Å². The minimum absolute atomic E-state index is 0.00739. The van der Waals surface area contributed by atoms with E-state index in [1.165, 1.54) is 0 Å². The largest absolute Gasteiger partial charge is 0.482 e. The fourth-order valence-corrected chi connectivity index (χ4v) is 1.75. The van der Waals surface area contributed by atoms with Gasteiger partial charge in [0.1, 0.15) is 5.75 Å². The first-order valence-corrected chi connectivity index (χ1v) is 6.54.